The molecule has 1 saturated heterocycles. The molecule has 0 spiro atoms. The Morgan fingerprint density at radius 2 is 1.93 bits per heavy atom. The first-order valence-corrected chi connectivity index (χ1v) is 9.97. The number of morpholine rings is 1. The Bertz CT molecular complexity index is 990. The van der Waals surface area contributed by atoms with Crippen LogP contribution in [-0.2, 0) is 4.74 Å². The van der Waals surface area contributed by atoms with Crippen molar-refractivity contribution in [1.29, 1.82) is 0 Å². The third-order valence-corrected chi connectivity index (χ3v) is 4.75. The summed E-state index contributed by atoms with van der Waals surface area (Å²) in [7, 11) is 4.09. The SMILES string of the molecule is CN(C)CCCOc1ccc(-c2cnc3nc(N)nc(N4CCOCC4)c3n2)cn1. The van der Waals surface area contributed by atoms with Crippen molar-refractivity contribution in [3.8, 4) is 17.1 Å². The zero-order valence-electron chi connectivity index (χ0n) is 17.3. The van der Waals surface area contributed by atoms with Crippen LogP contribution in [0.1, 0.15) is 6.42 Å². The molecule has 1 aliphatic rings. The van der Waals surface area contributed by atoms with Gasteiger partial charge in [0.2, 0.25) is 11.8 Å². The summed E-state index contributed by atoms with van der Waals surface area (Å²) in [5, 5.41) is 0. The predicted molar refractivity (Wildman–Crippen MR) is 114 cm³/mol. The van der Waals surface area contributed by atoms with Gasteiger partial charge in [0.25, 0.3) is 0 Å². The second-order valence-electron chi connectivity index (χ2n) is 7.32. The molecule has 0 amide bonds. The van der Waals surface area contributed by atoms with Gasteiger partial charge in [-0.3, -0.25) is 0 Å². The van der Waals surface area contributed by atoms with Crippen LogP contribution in [0.3, 0.4) is 0 Å². The molecular weight excluding hydrogens is 384 g/mol. The quantitative estimate of drug-likeness (QED) is 0.570. The third kappa shape index (κ3) is 4.71. The summed E-state index contributed by atoms with van der Waals surface area (Å²) in [5.74, 6) is 1.46. The van der Waals surface area contributed by atoms with Gasteiger partial charge in [-0.25, -0.2) is 15.0 Å². The number of nitrogen functional groups attached to an aromatic ring is 1. The lowest BCUT2D eigenvalue weighted by atomic mass is 10.2. The van der Waals surface area contributed by atoms with E-state index < -0.39 is 0 Å². The third-order valence-electron chi connectivity index (χ3n) is 4.75. The molecule has 0 bridgehead atoms. The van der Waals surface area contributed by atoms with E-state index in [4.69, 9.17) is 20.2 Å². The summed E-state index contributed by atoms with van der Waals surface area (Å²) in [5.41, 5.74) is 8.52. The van der Waals surface area contributed by atoms with Crippen molar-refractivity contribution in [3.05, 3.63) is 24.5 Å². The van der Waals surface area contributed by atoms with Crippen LogP contribution >= 0.6 is 0 Å². The van der Waals surface area contributed by atoms with Gasteiger partial charge in [-0.15, -0.1) is 0 Å². The number of nitrogens with zero attached hydrogens (tertiary/aromatic N) is 7. The normalized spacial score (nSPS) is 14.4. The van der Waals surface area contributed by atoms with Crippen LogP contribution in [0, 0.1) is 0 Å². The van der Waals surface area contributed by atoms with E-state index in [0.717, 1.165) is 31.6 Å². The Kier molecular flexibility index (Phi) is 6.15. The van der Waals surface area contributed by atoms with Crippen molar-refractivity contribution >= 4 is 22.9 Å². The molecule has 3 aromatic rings. The molecular formula is C20H26N8O2. The fraction of sp³-hybridized carbons (Fsp3) is 0.450. The Morgan fingerprint density at radius 3 is 2.67 bits per heavy atom. The number of hydrogen-bond donors (Lipinski definition) is 1. The molecule has 158 valence electrons. The van der Waals surface area contributed by atoms with Gasteiger partial charge in [0.1, 0.15) is 0 Å². The van der Waals surface area contributed by atoms with Crippen LogP contribution in [0.25, 0.3) is 22.4 Å². The Labute approximate surface area is 175 Å². The lowest BCUT2D eigenvalue weighted by molar-refractivity contribution is 0.122. The first-order chi connectivity index (χ1) is 14.6. The highest BCUT2D eigenvalue weighted by atomic mass is 16.5. The van der Waals surface area contributed by atoms with Crippen molar-refractivity contribution in [3.63, 3.8) is 0 Å². The lowest BCUT2D eigenvalue weighted by Gasteiger charge is -2.28. The summed E-state index contributed by atoms with van der Waals surface area (Å²) < 4.78 is 11.1. The molecule has 0 aliphatic carbocycles. The van der Waals surface area contributed by atoms with Crippen molar-refractivity contribution in [2.45, 2.75) is 6.42 Å². The van der Waals surface area contributed by atoms with E-state index in [0.29, 0.717) is 48.4 Å². The Morgan fingerprint density at radius 1 is 1.10 bits per heavy atom. The number of anilines is 2. The summed E-state index contributed by atoms with van der Waals surface area (Å²) >= 11 is 0. The molecule has 4 rings (SSSR count). The van der Waals surface area contributed by atoms with Crippen LogP contribution in [0.2, 0.25) is 0 Å². The van der Waals surface area contributed by atoms with Crippen molar-refractivity contribution in [1.82, 2.24) is 29.8 Å². The van der Waals surface area contributed by atoms with Gasteiger partial charge >= 0.3 is 0 Å². The maximum Gasteiger partial charge on any atom is 0.224 e. The van der Waals surface area contributed by atoms with Crippen LogP contribution in [0.5, 0.6) is 5.88 Å². The molecule has 1 aliphatic heterocycles. The smallest absolute Gasteiger partial charge is 0.224 e. The highest BCUT2D eigenvalue weighted by Gasteiger charge is 2.19. The minimum absolute atomic E-state index is 0.184. The van der Waals surface area contributed by atoms with Gasteiger partial charge in [0.15, 0.2) is 17.0 Å². The van der Waals surface area contributed by atoms with E-state index in [2.05, 4.69) is 29.7 Å². The van der Waals surface area contributed by atoms with Gasteiger partial charge in [-0.05, 0) is 26.6 Å². The Balaban J connectivity index is 1.56. The number of hydrogen-bond acceptors (Lipinski definition) is 10. The van der Waals surface area contributed by atoms with Crippen molar-refractivity contribution in [2.75, 3.05) is 64.2 Å². The minimum atomic E-state index is 0.184. The van der Waals surface area contributed by atoms with E-state index in [-0.39, 0.29) is 5.95 Å². The van der Waals surface area contributed by atoms with Crippen molar-refractivity contribution < 1.29 is 9.47 Å². The largest absolute Gasteiger partial charge is 0.478 e. The van der Waals surface area contributed by atoms with Crippen molar-refractivity contribution in [2.24, 2.45) is 0 Å². The summed E-state index contributed by atoms with van der Waals surface area (Å²) in [6.45, 7) is 4.32. The minimum Gasteiger partial charge on any atom is -0.478 e. The van der Waals surface area contributed by atoms with Crippen LogP contribution in [-0.4, -0.2) is 83.4 Å². The van der Waals surface area contributed by atoms with Gasteiger partial charge in [-0.2, -0.15) is 9.97 Å². The summed E-state index contributed by atoms with van der Waals surface area (Å²) in [6.07, 6.45) is 4.36. The molecule has 4 heterocycles. The van der Waals surface area contributed by atoms with Gasteiger partial charge in [0.05, 0.1) is 31.7 Å². The second kappa shape index (κ2) is 9.14. The number of aromatic nitrogens is 5. The van der Waals surface area contributed by atoms with Crippen LogP contribution < -0.4 is 15.4 Å². The first-order valence-electron chi connectivity index (χ1n) is 9.97. The van der Waals surface area contributed by atoms with E-state index in [1.54, 1.807) is 12.4 Å². The molecule has 3 aromatic heterocycles. The van der Waals surface area contributed by atoms with E-state index >= 15 is 0 Å². The molecule has 10 nitrogen and oxygen atoms in total. The molecule has 10 heteroatoms. The molecule has 30 heavy (non-hydrogen) atoms. The number of pyridine rings is 1. The molecule has 0 radical (unpaired) electrons. The number of fused-ring (bicyclic) bond motifs is 1. The second-order valence-corrected chi connectivity index (χ2v) is 7.32. The molecule has 0 saturated carbocycles. The predicted octanol–water partition coefficient (Wildman–Crippen LogP) is 1.23. The average molecular weight is 410 g/mol. The monoisotopic (exact) mass is 410 g/mol. The first kappa shape index (κ1) is 20.2. The van der Waals surface area contributed by atoms with E-state index in [1.807, 2.05) is 26.2 Å². The fourth-order valence-electron chi connectivity index (χ4n) is 3.22. The van der Waals surface area contributed by atoms with E-state index in [9.17, 15) is 0 Å². The number of ether oxygens (including phenoxy) is 2. The number of rotatable bonds is 7. The molecule has 1 fully saturated rings. The molecule has 0 unspecified atom stereocenters. The number of nitrogens with two attached hydrogens (primary N) is 1. The fourth-order valence-corrected chi connectivity index (χ4v) is 3.22. The highest BCUT2D eigenvalue weighted by Crippen LogP contribution is 2.26. The molecule has 0 atom stereocenters. The highest BCUT2D eigenvalue weighted by molar-refractivity contribution is 5.85. The summed E-state index contributed by atoms with van der Waals surface area (Å²) in [6, 6.07) is 3.77. The average Bonchev–Trinajstić information content (AvgIpc) is 2.77. The maximum atomic E-state index is 5.89. The van der Waals surface area contributed by atoms with Gasteiger partial charge in [0, 0.05) is 37.5 Å². The standard InChI is InChI=1S/C20H26N8O2/c1-27(2)6-3-9-30-16-5-4-14(12-22-16)15-13-23-18-17(24-15)19(26-20(21)25-18)28-7-10-29-11-8-28/h4-5,12-13H,3,6-11H2,1-2H3,(H2,21,23,25,26). The topological polar surface area (TPSA) is 115 Å². The van der Waals surface area contributed by atoms with Gasteiger partial charge in [-0.1, -0.05) is 0 Å². The Hall–Kier alpha value is -3.11. The van der Waals surface area contributed by atoms with Crippen LogP contribution in [0.4, 0.5) is 11.8 Å². The van der Waals surface area contributed by atoms with E-state index in [1.165, 1.54) is 0 Å². The zero-order chi connectivity index (χ0) is 20.9. The summed E-state index contributed by atoms with van der Waals surface area (Å²) in [4.78, 5) is 26.5. The molecule has 0 aromatic carbocycles. The maximum absolute atomic E-state index is 5.89. The molecule has 2 N–H and O–H groups in total. The van der Waals surface area contributed by atoms with Crippen LogP contribution in [0.15, 0.2) is 24.5 Å². The zero-order valence-corrected chi connectivity index (χ0v) is 17.3. The lowest BCUT2D eigenvalue weighted by Crippen LogP contribution is -2.37. The van der Waals surface area contributed by atoms with Gasteiger partial charge < -0.3 is 25.0 Å².